The van der Waals surface area contributed by atoms with Gasteiger partial charge in [-0.3, -0.25) is 4.79 Å². The fourth-order valence-corrected chi connectivity index (χ4v) is 6.08. The summed E-state index contributed by atoms with van der Waals surface area (Å²) in [4.78, 5) is 53.5. The first kappa shape index (κ1) is 33.0. The highest BCUT2D eigenvalue weighted by molar-refractivity contribution is 7.80. The van der Waals surface area contributed by atoms with Crippen molar-refractivity contribution in [2.24, 2.45) is 0 Å². The van der Waals surface area contributed by atoms with Crippen molar-refractivity contribution in [3.8, 4) is 21.9 Å². The number of urea groups is 1. The second-order valence-electron chi connectivity index (χ2n) is 8.91. The maximum absolute atomic E-state index is 13.2. The minimum atomic E-state index is -4.62. The Bertz CT molecular complexity index is 1770. The quantitative estimate of drug-likeness (QED) is 0.0306. The van der Waals surface area contributed by atoms with Gasteiger partial charge in [-0.1, -0.05) is 39.0 Å². The predicted molar refractivity (Wildman–Crippen MR) is 162 cm³/mol. The number of hydrogen-bond acceptors (Lipinski definition) is 11. The lowest BCUT2D eigenvalue weighted by Crippen LogP contribution is -2.21. The van der Waals surface area contributed by atoms with Gasteiger partial charge < -0.3 is 24.9 Å². The van der Waals surface area contributed by atoms with E-state index in [2.05, 4.69) is 15.5 Å². The van der Waals surface area contributed by atoms with Crippen LogP contribution in [0.15, 0.2) is 72.8 Å². The van der Waals surface area contributed by atoms with Gasteiger partial charge in [-0.2, -0.15) is 13.2 Å². The largest absolute Gasteiger partial charge is 0.426 e. The van der Waals surface area contributed by atoms with Gasteiger partial charge in [0.25, 0.3) is 5.09 Å². The van der Waals surface area contributed by atoms with Crippen molar-refractivity contribution in [2.75, 3.05) is 17.2 Å². The van der Waals surface area contributed by atoms with Crippen LogP contribution in [-0.2, 0) is 15.8 Å². The molecular weight excluding hydrogens is 660 g/mol. The first-order chi connectivity index (χ1) is 21.4. The van der Waals surface area contributed by atoms with Gasteiger partial charge in [0.1, 0.15) is 20.9 Å². The summed E-state index contributed by atoms with van der Waals surface area (Å²) in [7, 11) is 2.94. The molecule has 1 aromatic heterocycles. The lowest BCUT2D eigenvalue weighted by atomic mass is 10.1. The predicted octanol–water partition coefficient (Wildman–Crippen LogP) is 7.98. The Morgan fingerprint density at radius 1 is 0.911 bits per heavy atom. The van der Waals surface area contributed by atoms with E-state index in [0.717, 1.165) is 38.5 Å². The molecule has 0 unspecified atom stereocenters. The summed E-state index contributed by atoms with van der Waals surface area (Å²) in [6.07, 6.45) is -4.94. The third-order valence-corrected chi connectivity index (χ3v) is 8.57. The summed E-state index contributed by atoms with van der Waals surface area (Å²) in [5.41, 5.74) is -0.512. The molecule has 0 aliphatic heterocycles. The maximum atomic E-state index is 13.2. The summed E-state index contributed by atoms with van der Waals surface area (Å²) < 4.78 is 50.6. The summed E-state index contributed by atoms with van der Waals surface area (Å²) >= 11 is 5.16. The number of hydrogen-bond donors (Lipinski definition) is 2. The third kappa shape index (κ3) is 9.82. The van der Waals surface area contributed by atoms with E-state index in [1.807, 2.05) is 6.07 Å². The van der Waals surface area contributed by atoms with E-state index in [-0.39, 0.29) is 47.9 Å². The monoisotopic (exact) mass is 679 g/mol. The smallest absolute Gasteiger partial charge is 0.416 e. The van der Waals surface area contributed by atoms with E-state index in [1.165, 1.54) is 38.9 Å². The SMILES string of the molecule is O=C(Nc1cccc(C(F)(F)F)c1)Nc1ccc(OC(=O)CCCO[N+](=O)[O-])c(C(=O)Oc2ccc(-c3cc(=S)ss3)cc2)c1. The Labute approximate surface area is 264 Å². The number of benzene rings is 3. The zero-order chi connectivity index (χ0) is 32.6. The fraction of sp³-hybridized carbons (Fsp3) is 0.143. The van der Waals surface area contributed by atoms with Gasteiger partial charge in [0, 0.05) is 22.7 Å². The molecule has 0 aliphatic carbocycles. The van der Waals surface area contributed by atoms with Gasteiger partial charge in [-0.05, 0) is 78.7 Å². The van der Waals surface area contributed by atoms with Crippen LogP contribution in [0.2, 0.25) is 0 Å². The topological polar surface area (TPSA) is 146 Å². The van der Waals surface area contributed by atoms with Crippen molar-refractivity contribution in [3.63, 3.8) is 0 Å². The van der Waals surface area contributed by atoms with Crippen LogP contribution < -0.4 is 20.1 Å². The Kier molecular flexibility index (Phi) is 10.8. The van der Waals surface area contributed by atoms with Crippen LogP contribution in [0.4, 0.5) is 29.3 Å². The molecule has 1 heterocycles. The second-order valence-corrected chi connectivity index (χ2v) is 11.8. The molecule has 45 heavy (non-hydrogen) atoms. The van der Waals surface area contributed by atoms with Crippen LogP contribution >= 0.6 is 32.9 Å². The van der Waals surface area contributed by atoms with Crippen LogP contribution in [-0.4, -0.2) is 29.7 Å². The Balaban J connectivity index is 1.51. The first-order valence-electron chi connectivity index (χ1n) is 12.7. The molecule has 17 heteroatoms. The van der Waals surface area contributed by atoms with Crippen molar-refractivity contribution in [3.05, 3.63) is 97.9 Å². The molecule has 2 N–H and O–H groups in total. The van der Waals surface area contributed by atoms with Crippen molar-refractivity contribution in [2.45, 2.75) is 19.0 Å². The van der Waals surface area contributed by atoms with Gasteiger partial charge in [0.15, 0.2) is 0 Å². The van der Waals surface area contributed by atoms with Gasteiger partial charge in [-0.25, -0.2) is 9.59 Å². The van der Waals surface area contributed by atoms with Crippen LogP contribution in [0.1, 0.15) is 28.8 Å². The van der Waals surface area contributed by atoms with Gasteiger partial charge in [-0.15, -0.1) is 10.1 Å². The van der Waals surface area contributed by atoms with Crippen LogP contribution in [0.3, 0.4) is 0 Å². The van der Waals surface area contributed by atoms with Crippen LogP contribution in [0.5, 0.6) is 11.5 Å². The lowest BCUT2D eigenvalue weighted by Gasteiger charge is -2.14. The van der Waals surface area contributed by atoms with E-state index < -0.39 is 34.8 Å². The van der Waals surface area contributed by atoms with Gasteiger partial charge in [0.2, 0.25) is 0 Å². The zero-order valence-corrected chi connectivity index (χ0v) is 25.1. The summed E-state index contributed by atoms with van der Waals surface area (Å²) in [5.74, 6) is -1.88. The molecule has 0 saturated carbocycles. The molecule has 0 radical (unpaired) electrons. The molecule has 11 nitrogen and oxygen atoms in total. The average molecular weight is 680 g/mol. The summed E-state index contributed by atoms with van der Waals surface area (Å²) in [6.45, 7) is -0.350. The Hall–Kier alpha value is -4.87. The molecule has 0 aliphatic rings. The number of carbonyl (C=O) groups is 3. The lowest BCUT2D eigenvalue weighted by molar-refractivity contribution is -0.757. The summed E-state index contributed by atoms with van der Waals surface area (Å²) in [5, 5.41) is 14.0. The molecule has 234 valence electrons. The molecule has 0 bridgehead atoms. The number of anilines is 2. The normalized spacial score (nSPS) is 10.9. The first-order valence-corrected chi connectivity index (χ1v) is 15.2. The number of alkyl halides is 3. The Morgan fingerprint density at radius 2 is 1.62 bits per heavy atom. The van der Waals surface area contributed by atoms with E-state index in [0.29, 0.717) is 0 Å². The number of rotatable bonds is 11. The minimum absolute atomic E-state index is 0.0135. The van der Waals surface area contributed by atoms with Gasteiger partial charge in [0.05, 0.1) is 12.2 Å². The minimum Gasteiger partial charge on any atom is -0.426 e. The van der Waals surface area contributed by atoms with Crippen LogP contribution in [0, 0.1) is 13.9 Å². The standard InChI is InChI=1S/C28H20F3N3O8S3/c29-28(30,31)17-3-1-4-18(13-17)32-27(37)33-19-8-11-22(42-24(35)5-2-12-40-34(38)39)21(14-19)26(36)41-20-9-6-16(7-10-20)23-15-25(43)45-44-23/h1,3-4,6-11,13-15H,2,5,12H2,(H2,32,33,37). The molecule has 3 aromatic carbocycles. The number of carbonyl (C=O) groups excluding carboxylic acids is 3. The number of esters is 2. The summed E-state index contributed by atoms with van der Waals surface area (Å²) in [6, 6.07) is 15.1. The average Bonchev–Trinajstić information content (AvgIpc) is 3.42. The number of halogens is 3. The van der Waals surface area contributed by atoms with E-state index in [4.69, 9.17) is 21.7 Å². The number of ether oxygens (including phenoxy) is 2. The zero-order valence-electron chi connectivity index (χ0n) is 22.6. The highest BCUT2D eigenvalue weighted by atomic mass is 32.9. The maximum Gasteiger partial charge on any atom is 0.416 e. The van der Waals surface area contributed by atoms with Gasteiger partial charge >= 0.3 is 24.1 Å². The van der Waals surface area contributed by atoms with Crippen molar-refractivity contribution in [1.29, 1.82) is 0 Å². The number of amides is 2. The fourth-order valence-electron chi connectivity index (χ4n) is 3.67. The van der Waals surface area contributed by atoms with E-state index >= 15 is 0 Å². The van der Waals surface area contributed by atoms with Crippen LogP contribution in [0.25, 0.3) is 10.4 Å². The molecule has 0 saturated heterocycles. The van der Waals surface area contributed by atoms with Crippen molar-refractivity contribution >= 4 is 62.2 Å². The molecule has 0 spiro atoms. The van der Waals surface area contributed by atoms with E-state index in [9.17, 15) is 37.7 Å². The van der Waals surface area contributed by atoms with E-state index in [1.54, 1.807) is 24.3 Å². The molecule has 4 aromatic rings. The number of nitrogens with zero attached hydrogens (tertiary/aromatic N) is 1. The highest BCUT2D eigenvalue weighted by Gasteiger charge is 2.30. The second kappa shape index (κ2) is 14.7. The molecule has 0 atom stereocenters. The highest BCUT2D eigenvalue weighted by Crippen LogP contribution is 2.32. The Morgan fingerprint density at radius 3 is 2.27 bits per heavy atom. The third-order valence-electron chi connectivity index (χ3n) is 5.66. The molecular formula is C28H20F3N3O8S3. The van der Waals surface area contributed by atoms with Crippen molar-refractivity contribution < 1.29 is 47.0 Å². The molecule has 2 amide bonds. The molecule has 0 fully saturated rings. The van der Waals surface area contributed by atoms with Crippen molar-refractivity contribution in [1.82, 2.24) is 0 Å². The number of nitrogens with one attached hydrogen (secondary N) is 2. The molecule has 4 rings (SSSR count).